The van der Waals surface area contributed by atoms with Crippen LogP contribution < -0.4 is 10.6 Å². The van der Waals surface area contributed by atoms with Gasteiger partial charge in [0.15, 0.2) is 0 Å². The second kappa shape index (κ2) is 6.95. The van der Waals surface area contributed by atoms with Crippen LogP contribution >= 0.6 is 11.6 Å². The molecule has 0 saturated heterocycles. The number of urea groups is 1. The van der Waals surface area contributed by atoms with Crippen LogP contribution in [0.3, 0.4) is 0 Å². The van der Waals surface area contributed by atoms with Crippen LogP contribution in [0.5, 0.6) is 0 Å². The van der Waals surface area contributed by atoms with E-state index in [1.807, 2.05) is 12.1 Å². The maximum absolute atomic E-state index is 11.4. The van der Waals surface area contributed by atoms with Gasteiger partial charge in [-0.05, 0) is 36.5 Å². The van der Waals surface area contributed by atoms with E-state index in [4.69, 9.17) is 11.6 Å². The minimum atomic E-state index is -0.0544. The second-order valence-corrected chi connectivity index (χ2v) is 5.88. The van der Waals surface area contributed by atoms with E-state index in [-0.39, 0.29) is 6.03 Å². The minimum Gasteiger partial charge on any atom is -0.337 e. The normalized spacial score (nSPS) is 15.8. The van der Waals surface area contributed by atoms with Gasteiger partial charge in [-0.25, -0.2) is 4.79 Å². The number of carbonyl (C=O) groups is 1. The molecule has 2 N–H and O–H groups in total. The zero-order valence-corrected chi connectivity index (χ0v) is 12.8. The summed E-state index contributed by atoms with van der Waals surface area (Å²) in [5, 5.41) is 7.16. The van der Waals surface area contributed by atoms with Crippen LogP contribution in [0.2, 0.25) is 5.02 Å². The molecule has 0 spiro atoms. The Hall–Kier alpha value is -1.26. The molecule has 0 bridgehead atoms. The standard InChI is InChI=1S/C15H22ClN3O/c1-19(2)15(20)18-10-9-17-14(11-3-4-11)12-5-7-13(16)8-6-12/h5-8,11,14,17H,3-4,9-10H2,1-2H3,(H,18,20). The molecule has 1 aliphatic rings. The van der Waals surface area contributed by atoms with Crippen molar-refractivity contribution < 1.29 is 4.79 Å². The van der Waals surface area contributed by atoms with Crippen molar-refractivity contribution in [3.63, 3.8) is 0 Å². The van der Waals surface area contributed by atoms with E-state index in [0.29, 0.717) is 18.5 Å². The van der Waals surface area contributed by atoms with Gasteiger partial charge in [-0.15, -0.1) is 0 Å². The Morgan fingerprint density at radius 3 is 2.50 bits per heavy atom. The minimum absolute atomic E-state index is 0.0544. The zero-order chi connectivity index (χ0) is 14.5. The lowest BCUT2D eigenvalue weighted by molar-refractivity contribution is 0.217. The number of hydrogen-bond acceptors (Lipinski definition) is 2. The Balaban J connectivity index is 1.81. The van der Waals surface area contributed by atoms with E-state index in [1.165, 1.54) is 23.3 Å². The van der Waals surface area contributed by atoms with Crippen molar-refractivity contribution in [2.24, 2.45) is 5.92 Å². The first-order chi connectivity index (χ1) is 9.58. The molecule has 2 rings (SSSR count). The van der Waals surface area contributed by atoms with E-state index in [9.17, 15) is 4.79 Å². The van der Waals surface area contributed by atoms with Crippen LogP contribution in [0.15, 0.2) is 24.3 Å². The molecular weight excluding hydrogens is 274 g/mol. The molecule has 0 aromatic heterocycles. The molecule has 1 aromatic rings. The highest BCUT2D eigenvalue weighted by molar-refractivity contribution is 6.30. The summed E-state index contributed by atoms with van der Waals surface area (Å²) in [6, 6.07) is 8.33. The molecule has 1 aromatic carbocycles. The van der Waals surface area contributed by atoms with Crippen LogP contribution in [0.25, 0.3) is 0 Å². The number of nitrogens with one attached hydrogen (secondary N) is 2. The maximum Gasteiger partial charge on any atom is 0.316 e. The SMILES string of the molecule is CN(C)C(=O)NCCNC(c1ccc(Cl)cc1)C1CC1. The van der Waals surface area contributed by atoms with Gasteiger partial charge in [-0.1, -0.05) is 23.7 Å². The third-order valence-electron chi connectivity index (χ3n) is 3.49. The summed E-state index contributed by atoms with van der Waals surface area (Å²) in [5.41, 5.74) is 1.27. The van der Waals surface area contributed by atoms with Crippen molar-refractivity contribution in [3.8, 4) is 0 Å². The number of amides is 2. The fraction of sp³-hybridized carbons (Fsp3) is 0.533. The maximum atomic E-state index is 11.4. The molecule has 110 valence electrons. The van der Waals surface area contributed by atoms with Gasteiger partial charge in [0, 0.05) is 38.2 Å². The average molecular weight is 296 g/mol. The second-order valence-electron chi connectivity index (χ2n) is 5.45. The van der Waals surface area contributed by atoms with Crippen molar-refractivity contribution in [2.45, 2.75) is 18.9 Å². The number of nitrogens with zero attached hydrogens (tertiary/aromatic N) is 1. The number of halogens is 1. The number of benzene rings is 1. The molecule has 4 nitrogen and oxygen atoms in total. The van der Waals surface area contributed by atoms with Crippen LogP contribution in [0, 0.1) is 5.92 Å². The van der Waals surface area contributed by atoms with Gasteiger partial charge in [0.2, 0.25) is 0 Å². The van der Waals surface area contributed by atoms with Gasteiger partial charge in [0.1, 0.15) is 0 Å². The molecule has 2 amide bonds. The van der Waals surface area contributed by atoms with Crippen molar-refractivity contribution in [2.75, 3.05) is 27.2 Å². The van der Waals surface area contributed by atoms with Gasteiger partial charge in [0.05, 0.1) is 0 Å². The number of hydrogen-bond donors (Lipinski definition) is 2. The van der Waals surface area contributed by atoms with Crippen LogP contribution in [-0.4, -0.2) is 38.1 Å². The van der Waals surface area contributed by atoms with Gasteiger partial charge in [-0.2, -0.15) is 0 Å². The Morgan fingerprint density at radius 1 is 1.30 bits per heavy atom. The van der Waals surface area contributed by atoms with Crippen LogP contribution in [0.1, 0.15) is 24.4 Å². The smallest absolute Gasteiger partial charge is 0.316 e. The Morgan fingerprint density at radius 2 is 1.95 bits per heavy atom. The van der Waals surface area contributed by atoms with Crippen molar-refractivity contribution in [1.82, 2.24) is 15.5 Å². The largest absolute Gasteiger partial charge is 0.337 e. The predicted octanol–water partition coefficient (Wildman–Crippen LogP) is 2.65. The van der Waals surface area contributed by atoms with E-state index in [1.54, 1.807) is 14.1 Å². The molecule has 1 aliphatic carbocycles. The molecule has 20 heavy (non-hydrogen) atoms. The Kier molecular flexibility index (Phi) is 5.26. The lowest BCUT2D eigenvalue weighted by Gasteiger charge is -2.19. The van der Waals surface area contributed by atoms with E-state index >= 15 is 0 Å². The summed E-state index contributed by atoms with van der Waals surface area (Å²) in [7, 11) is 3.48. The van der Waals surface area contributed by atoms with Crippen LogP contribution in [-0.2, 0) is 0 Å². The third-order valence-corrected chi connectivity index (χ3v) is 3.75. The fourth-order valence-electron chi connectivity index (χ4n) is 2.21. The Bertz CT molecular complexity index is 443. The molecule has 1 atom stereocenters. The topological polar surface area (TPSA) is 44.4 Å². The number of rotatable bonds is 6. The van der Waals surface area contributed by atoms with Gasteiger partial charge in [0.25, 0.3) is 0 Å². The summed E-state index contributed by atoms with van der Waals surface area (Å²) >= 11 is 5.93. The molecule has 0 heterocycles. The van der Waals surface area contributed by atoms with Crippen molar-refractivity contribution >= 4 is 17.6 Å². The molecule has 1 fully saturated rings. The highest BCUT2D eigenvalue weighted by atomic mass is 35.5. The highest BCUT2D eigenvalue weighted by Gasteiger charge is 2.31. The highest BCUT2D eigenvalue weighted by Crippen LogP contribution is 2.41. The van der Waals surface area contributed by atoms with E-state index in [2.05, 4.69) is 22.8 Å². The fourth-order valence-corrected chi connectivity index (χ4v) is 2.34. The number of carbonyl (C=O) groups excluding carboxylic acids is 1. The first-order valence-electron chi connectivity index (χ1n) is 7.02. The first kappa shape index (κ1) is 15.1. The lowest BCUT2D eigenvalue weighted by Crippen LogP contribution is -2.39. The van der Waals surface area contributed by atoms with Crippen molar-refractivity contribution in [1.29, 1.82) is 0 Å². The molecule has 0 aliphatic heterocycles. The Labute approximate surface area is 125 Å². The molecule has 1 saturated carbocycles. The summed E-state index contributed by atoms with van der Waals surface area (Å²) in [5.74, 6) is 0.709. The zero-order valence-electron chi connectivity index (χ0n) is 12.0. The summed E-state index contributed by atoms with van der Waals surface area (Å²) in [6.07, 6.45) is 2.54. The molecule has 1 unspecified atom stereocenters. The third kappa shape index (κ3) is 4.39. The molecule has 0 radical (unpaired) electrons. The van der Waals surface area contributed by atoms with Gasteiger partial charge < -0.3 is 15.5 Å². The first-order valence-corrected chi connectivity index (χ1v) is 7.39. The summed E-state index contributed by atoms with van der Waals surface area (Å²) in [6.45, 7) is 1.40. The van der Waals surface area contributed by atoms with E-state index in [0.717, 1.165) is 11.6 Å². The molecular formula is C15H22ClN3O. The molecule has 5 heteroatoms. The summed E-state index contributed by atoms with van der Waals surface area (Å²) < 4.78 is 0. The van der Waals surface area contributed by atoms with Crippen molar-refractivity contribution in [3.05, 3.63) is 34.9 Å². The van der Waals surface area contributed by atoms with E-state index < -0.39 is 0 Å². The van der Waals surface area contributed by atoms with Gasteiger partial charge >= 0.3 is 6.03 Å². The van der Waals surface area contributed by atoms with Crippen LogP contribution in [0.4, 0.5) is 4.79 Å². The predicted molar refractivity (Wildman–Crippen MR) is 82.0 cm³/mol. The summed E-state index contributed by atoms with van der Waals surface area (Å²) in [4.78, 5) is 13.0. The quantitative estimate of drug-likeness (QED) is 0.793. The van der Waals surface area contributed by atoms with Gasteiger partial charge in [-0.3, -0.25) is 0 Å². The average Bonchev–Trinajstić information content (AvgIpc) is 3.24. The lowest BCUT2D eigenvalue weighted by atomic mass is 10.0. The monoisotopic (exact) mass is 295 g/mol.